The molecule has 1 heterocycles. The van der Waals surface area contributed by atoms with Crippen molar-refractivity contribution in [2.45, 2.75) is 0 Å². The van der Waals surface area contributed by atoms with Gasteiger partial charge in [-0.2, -0.15) is 0 Å². The molecule has 0 atom stereocenters. The number of ether oxygens (including phenoxy) is 1. The number of benzene rings is 2. The summed E-state index contributed by atoms with van der Waals surface area (Å²) in [7, 11) is 1.19. The Labute approximate surface area is 153 Å². The van der Waals surface area contributed by atoms with E-state index in [4.69, 9.17) is 4.74 Å². The Bertz CT molecular complexity index is 948. The van der Waals surface area contributed by atoms with Gasteiger partial charge in [-0.1, -0.05) is 36.0 Å². The van der Waals surface area contributed by atoms with E-state index in [0.717, 1.165) is 11.8 Å². The number of carbonyl (C=O) groups is 1. The highest BCUT2D eigenvalue weighted by Gasteiger charge is 2.33. The Morgan fingerprint density at radius 3 is 2.50 bits per heavy atom. The number of aliphatic hydroxyl groups is 1. The van der Waals surface area contributed by atoms with Crippen molar-refractivity contribution < 1.29 is 24.1 Å². The molecule has 2 aromatic rings. The molecule has 0 saturated carbocycles. The first-order valence-electron chi connectivity index (χ1n) is 7.53. The van der Waals surface area contributed by atoms with Gasteiger partial charge in [0.1, 0.15) is 33.6 Å². The summed E-state index contributed by atoms with van der Waals surface area (Å²) in [4.78, 5) is 16.6. The monoisotopic (exact) mass is 371 g/mol. The van der Waals surface area contributed by atoms with Gasteiger partial charge < -0.3 is 14.9 Å². The van der Waals surface area contributed by atoms with Crippen LogP contribution in [-0.4, -0.2) is 28.3 Å². The Morgan fingerprint density at radius 2 is 1.85 bits per heavy atom. The van der Waals surface area contributed by atoms with Crippen LogP contribution in [0.3, 0.4) is 0 Å². The average Bonchev–Trinajstić information content (AvgIpc) is 2.93. The fraction of sp³-hybridized carbons (Fsp3) is 0.0526. The van der Waals surface area contributed by atoms with Crippen molar-refractivity contribution in [1.29, 1.82) is 0 Å². The number of rotatable bonds is 3. The van der Waals surface area contributed by atoms with Crippen molar-refractivity contribution in [2.24, 2.45) is 4.99 Å². The number of methoxy groups -OCH3 is 1. The van der Waals surface area contributed by atoms with E-state index >= 15 is 0 Å². The number of aliphatic hydroxyl groups excluding tert-OH is 1. The SMILES string of the molecule is COC(=O)C1=C(O)C(=Cc2ccc(O)cc2)SC1=Nc1ccccc1F. The van der Waals surface area contributed by atoms with E-state index < -0.39 is 11.8 Å². The number of aromatic hydroxyl groups is 1. The molecule has 0 fully saturated rings. The van der Waals surface area contributed by atoms with E-state index in [2.05, 4.69) is 4.99 Å². The van der Waals surface area contributed by atoms with Crippen molar-refractivity contribution in [2.75, 3.05) is 7.11 Å². The third-order valence-corrected chi connectivity index (χ3v) is 4.57. The number of para-hydroxylation sites is 1. The van der Waals surface area contributed by atoms with Gasteiger partial charge in [-0.25, -0.2) is 14.2 Å². The van der Waals surface area contributed by atoms with E-state index in [1.807, 2.05) is 0 Å². The topological polar surface area (TPSA) is 79.1 Å². The third kappa shape index (κ3) is 3.62. The molecule has 0 bridgehead atoms. The van der Waals surface area contributed by atoms with Gasteiger partial charge in [0.15, 0.2) is 0 Å². The Kier molecular flexibility index (Phi) is 5.09. The molecule has 0 aromatic heterocycles. The number of aliphatic imine (C=N–C) groups is 1. The number of esters is 1. The van der Waals surface area contributed by atoms with Crippen LogP contribution in [0.4, 0.5) is 10.1 Å². The Balaban J connectivity index is 2.06. The second kappa shape index (κ2) is 7.45. The minimum atomic E-state index is -0.765. The summed E-state index contributed by atoms with van der Waals surface area (Å²) < 4.78 is 18.6. The molecule has 26 heavy (non-hydrogen) atoms. The highest BCUT2D eigenvalue weighted by molar-refractivity contribution is 8.18. The van der Waals surface area contributed by atoms with Crippen LogP contribution in [0.1, 0.15) is 5.56 Å². The number of hydrogen-bond donors (Lipinski definition) is 2. The maximum atomic E-state index is 13.9. The van der Waals surface area contributed by atoms with Crippen molar-refractivity contribution in [3.63, 3.8) is 0 Å². The van der Waals surface area contributed by atoms with Crippen LogP contribution in [-0.2, 0) is 9.53 Å². The van der Waals surface area contributed by atoms with E-state index in [9.17, 15) is 19.4 Å². The molecule has 0 radical (unpaired) electrons. The molecule has 5 nitrogen and oxygen atoms in total. The summed E-state index contributed by atoms with van der Waals surface area (Å²) in [5.74, 6) is -1.48. The van der Waals surface area contributed by atoms with E-state index in [1.165, 1.54) is 37.4 Å². The molecule has 1 aliphatic rings. The molecule has 2 N–H and O–H groups in total. The molecule has 2 aromatic carbocycles. The normalized spacial score (nSPS) is 17.2. The predicted octanol–water partition coefficient (Wildman–Crippen LogP) is 4.33. The van der Waals surface area contributed by atoms with Crippen LogP contribution in [0, 0.1) is 5.82 Å². The molecule has 3 rings (SSSR count). The number of hydrogen-bond acceptors (Lipinski definition) is 6. The Morgan fingerprint density at radius 1 is 1.15 bits per heavy atom. The maximum absolute atomic E-state index is 13.9. The molecular formula is C19H14FNO4S. The van der Waals surface area contributed by atoms with E-state index in [1.54, 1.807) is 24.3 Å². The summed E-state index contributed by atoms with van der Waals surface area (Å²) in [6.07, 6.45) is 1.63. The van der Waals surface area contributed by atoms with Crippen LogP contribution in [0.2, 0.25) is 0 Å². The highest BCUT2D eigenvalue weighted by Crippen LogP contribution is 2.40. The molecule has 0 unspecified atom stereocenters. The molecule has 0 spiro atoms. The van der Waals surface area contributed by atoms with Crippen molar-refractivity contribution in [3.8, 4) is 5.75 Å². The number of carbonyl (C=O) groups excluding carboxylic acids is 1. The minimum Gasteiger partial charge on any atom is -0.508 e. The standard InChI is InChI=1S/C19H14FNO4S/c1-25-19(24)16-17(23)15(10-11-6-8-12(22)9-7-11)26-18(16)21-14-5-3-2-4-13(14)20/h2-10,22-23H,1H3. The van der Waals surface area contributed by atoms with Crippen molar-refractivity contribution in [3.05, 3.63) is 76.1 Å². The molecule has 0 aliphatic carbocycles. The van der Waals surface area contributed by atoms with Crippen molar-refractivity contribution in [1.82, 2.24) is 0 Å². The van der Waals surface area contributed by atoms with Crippen LogP contribution < -0.4 is 0 Å². The van der Waals surface area contributed by atoms with Gasteiger partial charge in [-0.05, 0) is 35.9 Å². The second-order valence-corrected chi connectivity index (χ2v) is 6.32. The smallest absolute Gasteiger partial charge is 0.344 e. The largest absolute Gasteiger partial charge is 0.508 e. The summed E-state index contributed by atoms with van der Waals surface area (Å²) >= 11 is 1.03. The lowest BCUT2D eigenvalue weighted by molar-refractivity contribution is -0.135. The first-order chi connectivity index (χ1) is 12.5. The number of nitrogens with zero attached hydrogens (tertiary/aromatic N) is 1. The van der Waals surface area contributed by atoms with Gasteiger partial charge in [0.2, 0.25) is 0 Å². The average molecular weight is 371 g/mol. The lowest BCUT2D eigenvalue weighted by Crippen LogP contribution is -2.10. The molecule has 0 amide bonds. The fourth-order valence-electron chi connectivity index (χ4n) is 2.26. The van der Waals surface area contributed by atoms with Gasteiger partial charge in [0.25, 0.3) is 0 Å². The zero-order chi connectivity index (χ0) is 18.7. The molecule has 132 valence electrons. The number of phenolic OH excluding ortho intramolecular Hbond substituents is 1. The zero-order valence-electron chi connectivity index (χ0n) is 13.6. The number of halogens is 1. The first kappa shape index (κ1) is 17.8. The number of phenols is 1. The van der Waals surface area contributed by atoms with Crippen LogP contribution >= 0.6 is 11.8 Å². The van der Waals surface area contributed by atoms with Crippen LogP contribution in [0.15, 0.2) is 69.8 Å². The van der Waals surface area contributed by atoms with Crippen molar-refractivity contribution >= 4 is 34.5 Å². The maximum Gasteiger partial charge on any atom is 0.344 e. The first-order valence-corrected chi connectivity index (χ1v) is 8.35. The predicted molar refractivity (Wildman–Crippen MR) is 98.8 cm³/mol. The lowest BCUT2D eigenvalue weighted by Gasteiger charge is -2.02. The van der Waals surface area contributed by atoms with Gasteiger partial charge in [0, 0.05) is 0 Å². The fourth-order valence-corrected chi connectivity index (χ4v) is 3.29. The Hall–Kier alpha value is -3.06. The molecule has 0 saturated heterocycles. The zero-order valence-corrected chi connectivity index (χ0v) is 14.5. The van der Waals surface area contributed by atoms with Gasteiger partial charge in [-0.15, -0.1) is 0 Å². The summed E-state index contributed by atoms with van der Waals surface area (Å²) in [5.41, 5.74) is 0.633. The summed E-state index contributed by atoms with van der Waals surface area (Å²) in [5, 5.41) is 19.9. The lowest BCUT2D eigenvalue weighted by atomic mass is 10.1. The molecular weight excluding hydrogens is 357 g/mol. The van der Waals surface area contributed by atoms with E-state index in [0.29, 0.717) is 10.5 Å². The summed E-state index contributed by atoms with van der Waals surface area (Å²) in [6.45, 7) is 0. The van der Waals surface area contributed by atoms with Gasteiger partial charge in [0.05, 0.1) is 12.0 Å². The van der Waals surface area contributed by atoms with Gasteiger partial charge in [-0.3, -0.25) is 0 Å². The van der Waals surface area contributed by atoms with Crippen LogP contribution in [0.5, 0.6) is 5.75 Å². The highest BCUT2D eigenvalue weighted by atomic mass is 32.2. The van der Waals surface area contributed by atoms with Gasteiger partial charge >= 0.3 is 5.97 Å². The van der Waals surface area contributed by atoms with Crippen LogP contribution in [0.25, 0.3) is 6.08 Å². The third-order valence-electron chi connectivity index (χ3n) is 3.55. The number of thioether (sulfide) groups is 1. The molecule has 1 aliphatic heterocycles. The quantitative estimate of drug-likeness (QED) is 0.785. The van der Waals surface area contributed by atoms with E-state index in [-0.39, 0.29) is 27.8 Å². The minimum absolute atomic E-state index is 0.0510. The summed E-state index contributed by atoms with van der Waals surface area (Å²) in [6, 6.07) is 12.2. The second-order valence-electron chi connectivity index (χ2n) is 5.29. The molecule has 7 heteroatoms.